The van der Waals surface area contributed by atoms with Gasteiger partial charge >= 0.3 is 0 Å². The topological polar surface area (TPSA) is 12.5 Å². The Morgan fingerprint density at radius 3 is 2.93 bits per heavy atom. The van der Waals surface area contributed by atoms with E-state index in [-0.39, 0.29) is 6.10 Å². The first kappa shape index (κ1) is 10.0. The minimum absolute atomic E-state index is 0.192. The van der Waals surface area contributed by atoms with Crippen molar-refractivity contribution in [1.29, 1.82) is 0 Å². The molecular formula is C11H13ClNOP. The summed E-state index contributed by atoms with van der Waals surface area (Å²) in [4.78, 5) is 0. The number of benzene rings is 1. The number of fused-ring (bicyclic) bond motifs is 1. The maximum Gasteiger partial charge on any atom is 0.207 e. The average Bonchev–Trinajstić information content (AvgIpc) is 2.84. The minimum atomic E-state index is -0.863. The molecule has 1 aromatic carbocycles. The third-order valence-corrected chi connectivity index (χ3v) is 5.27. The van der Waals surface area contributed by atoms with E-state index in [0.717, 1.165) is 6.54 Å². The second-order valence-electron chi connectivity index (χ2n) is 4.04. The van der Waals surface area contributed by atoms with Crippen molar-refractivity contribution in [2.45, 2.75) is 25.0 Å². The van der Waals surface area contributed by atoms with E-state index in [9.17, 15) is 0 Å². The van der Waals surface area contributed by atoms with E-state index >= 15 is 0 Å². The molecular weight excluding hydrogens is 229 g/mol. The molecule has 2 aliphatic rings. The van der Waals surface area contributed by atoms with Crippen molar-refractivity contribution >= 4 is 18.9 Å². The predicted octanol–water partition coefficient (Wildman–Crippen LogP) is 3.69. The van der Waals surface area contributed by atoms with Crippen molar-refractivity contribution in [3.8, 4) is 0 Å². The SMILES string of the molecule is ClP1O[C@@H](c2ccccc2)[C@@H]2CCCN21. The van der Waals surface area contributed by atoms with Gasteiger partial charge in [-0.05, 0) is 29.6 Å². The summed E-state index contributed by atoms with van der Waals surface area (Å²) in [5.41, 5.74) is 1.26. The van der Waals surface area contributed by atoms with Crippen molar-refractivity contribution < 1.29 is 4.52 Å². The molecule has 2 saturated heterocycles. The molecule has 2 heterocycles. The first-order chi connectivity index (χ1) is 7.36. The normalized spacial score (nSPS) is 35.7. The van der Waals surface area contributed by atoms with Crippen LogP contribution in [0.4, 0.5) is 0 Å². The molecule has 1 unspecified atom stereocenters. The van der Waals surface area contributed by atoms with Crippen molar-refractivity contribution in [3.05, 3.63) is 35.9 Å². The molecule has 3 atom stereocenters. The molecule has 0 saturated carbocycles. The van der Waals surface area contributed by atoms with Crippen molar-refractivity contribution in [3.63, 3.8) is 0 Å². The lowest BCUT2D eigenvalue weighted by Gasteiger charge is -2.17. The Labute approximate surface area is 95.9 Å². The van der Waals surface area contributed by atoms with Crippen LogP contribution in [-0.4, -0.2) is 17.3 Å². The standard InChI is InChI=1S/C11H13ClNOP/c12-15-13-8-4-7-10(13)11(14-15)9-5-2-1-3-6-9/h1-3,5-6,10-11H,4,7-8H2/t10-,11-,15?/m0/s1. The van der Waals surface area contributed by atoms with Gasteiger partial charge in [0.25, 0.3) is 0 Å². The lowest BCUT2D eigenvalue weighted by Crippen LogP contribution is -2.21. The molecule has 15 heavy (non-hydrogen) atoms. The van der Waals surface area contributed by atoms with Crippen LogP contribution in [0.1, 0.15) is 24.5 Å². The summed E-state index contributed by atoms with van der Waals surface area (Å²) in [5.74, 6) is 0. The van der Waals surface area contributed by atoms with Crippen LogP contribution in [0.2, 0.25) is 0 Å². The summed E-state index contributed by atoms with van der Waals surface area (Å²) in [6.45, 7) is 1.10. The summed E-state index contributed by atoms with van der Waals surface area (Å²) in [7, 11) is -0.863. The fourth-order valence-electron chi connectivity index (χ4n) is 2.43. The van der Waals surface area contributed by atoms with Gasteiger partial charge in [-0.2, -0.15) is 0 Å². The highest BCUT2D eigenvalue weighted by atomic mass is 35.7. The van der Waals surface area contributed by atoms with E-state index in [1.54, 1.807) is 0 Å². The fraction of sp³-hybridized carbons (Fsp3) is 0.455. The quantitative estimate of drug-likeness (QED) is 0.696. The van der Waals surface area contributed by atoms with Gasteiger partial charge in [-0.25, -0.2) is 4.67 Å². The third kappa shape index (κ3) is 1.70. The van der Waals surface area contributed by atoms with Crippen LogP contribution in [-0.2, 0) is 4.52 Å². The van der Waals surface area contributed by atoms with E-state index in [2.05, 4.69) is 28.9 Å². The Morgan fingerprint density at radius 2 is 2.13 bits per heavy atom. The van der Waals surface area contributed by atoms with Crippen LogP contribution in [0.15, 0.2) is 30.3 Å². The van der Waals surface area contributed by atoms with Crippen molar-refractivity contribution in [2.75, 3.05) is 6.54 Å². The van der Waals surface area contributed by atoms with Crippen LogP contribution in [0.25, 0.3) is 0 Å². The molecule has 2 nitrogen and oxygen atoms in total. The zero-order valence-electron chi connectivity index (χ0n) is 8.34. The summed E-state index contributed by atoms with van der Waals surface area (Å²) in [5, 5.41) is 0. The first-order valence-corrected chi connectivity index (χ1v) is 7.42. The maximum atomic E-state index is 6.23. The summed E-state index contributed by atoms with van der Waals surface area (Å²) in [6.07, 6.45) is 2.66. The average molecular weight is 242 g/mol. The lowest BCUT2D eigenvalue weighted by atomic mass is 10.0. The lowest BCUT2D eigenvalue weighted by molar-refractivity contribution is 0.216. The van der Waals surface area contributed by atoms with E-state index in [1.807, 2.05) is 6.07 Å². The Balaban J connectivity index is 1.88. The van der Waals surface area contributed by atoms with Crippen LogP contribution in [0, 0.1) is 0 Å². The molecule has 4 heteroatoms. The zero-order chi connectivity index (χ0) is 10.3. The van der Waals surface area contributed by atoms with Crippen LogP contribution >= 0.6 is 18.9 Å². The Kier molecular flexibility index (Phi) is 2.70. The number of hydrogen-bond donors (Lipinski definition) is 0. The Bertz CT molecular complexity index is 348. The van der Waals surface area contributed by atoms with Gasteiger partial charge < -0.3 is 4.52 Å². The Hall–Kier alpha value is -0.140. The highest BCUT2D eigenvalue weighted by Crippen LogP contribution is 2.62. The van der Waals surface area contributed by atoms with Crippen LogP contribution in [0.5, 0.6) is 0 Å². The molecule has 0 amide bonds. The highest BCUT2D eigenvalue weighted by Gasteiger charge is 2.45. The van der Waals surface area contributed by atoms with Gasteiger partial charge in [0.2, 0.25) is 7.65 Å². The second-order valence-corrected chi connectivity index (χ2v) is 6.08. The Morgan fingerprint density at radius 1 is 1.33 bits per heavy atom. The van der Waals surface area contributed by atoms with Gasteiger partial charge in [0.1, 0.15) is 6.10 Å². The molecule has 0 N–H and O–H groups in total. The molecule has 2 aliphatic heterocycles. The molecule has 2 fully saturated rings. The molecule has 80 valence electrons. The molecule has 3 rings (SSSR count). The van der Waals surface area contributed by atoms with Gasteiger partial charge in [-0.3, -0.25) is 0 Å². The molecule has 0 bridgehead atoms. The van der Waals surface area contributed by atoms with Gasteiger partial charge in [0, 0.05) is 12.6 Å². The maximum absolute atomic E-state index is 6.23. The monoisotopic (exact) mass is 241 g/mol. The van der Waals surface area contributed by atoms with Crippen molar-refractivity contribution in [2.24, 2.45) is 0 Å². The molecule has 0 radical (unpaired) electrons. The molecule has 1 aromatic rings. The number of hydrogen-bond acceptors (Lipinski definition) is 2. The zero-order valence-corrected chi connectivity index (χ0v) is 9.99. The molecule has 0 aromatic heterocycles. The third-order valence-electron chi connectivity index (χ3n) is 3.15. The molecule has 0 aliphatic carbocycles. The summed E-state index contributed by atoms with van der Waals surface area (Å²) >= 11 is 6.23. The second kappa shape index (κ2) is 4.03. The number of halogens is 1. The van der Waals surface area contributed by atoms with E-state index in [4.69, 9.17) is 15.8 Å². The molecule has 0 spiro atoms. The van der Waals surface area contributed by atoms with Crippen molar-refractivity contribution in [1.82, 2.24) is 4.67 Å². The largest absolute Gasteiger partial charge is 0.322 e. The predicted molar refractivity (Wildman–Crippen MR) is 62.8 cm³/mol. The van der Waals surface area contributed by atoms with E-state index < -0.39 is 7.65 Å². The van der Waals surface area contributed by atoms with Gasteiger partial charge in [-0.1, -0.05) is 30.3 Å². The van der Waals surface area contributed by atoms with Gasteiger partial charge in [-0.15, -0.1) is 0 Å². The van der Waals surface area contributed by atoms with E-state index in [1.165, 1.54) is 18.4 Å². The summed E-state index contributed by atoms with van der Waals surface area (Å²) in [6, 6.07) is 10.9. The number of nitrogens with zero attached hydrogens (tertiary/aromatic N) is 1. The minimum Gasteiger partial charge on any atom is -0.322 e. The number of rotatable bonds is 1. The van der Waals surface area contributed by atoms with Crippen LogP contribution in [0.3, 0.4) is 0 Å². The van der Waals surface area contributed by atoms with Crippen LogP contribution < -0.4 is 0 Å². The fourth-order valence-corrected chi connectivity index (χ4v) is 4.59. The van der Waals surface area contributed by atoms with Gasteiger partial charge in [0.05, 0.1) is 0 Å². The highest BCUT2D eigenvalue weighted by molar-refractivity contribution is 7.78. The summed E-state index contributed by atoms with van der Waals surface area (Å²) < 4.78 is 8.20. The van der Waals surface area contributed by atoms with E-state index in [0.29, 0.717) is 6.04 Å². The first-order valence-electron chi connectivity index (χ1n) is 5.30. The van der Waals surface area contributed by atoms with Gasteiger partial charge in [0.15, 0.2) is 0 Å². The smallest absolute Gasteiger partial charge is 0.207 e.